The smallest absolute Gasteiger partial charge is 0.243 e. The number of amides is 1. The normalized spacial score (nSPS) is 12.4. The number of ether oxygens (including phenoxy) is 1. The third-order valence-electron chi connectivity index (χ3n) is 3.16. The van der Waals surface area contributed by atoms with E-state index in [1.54, 1.807) is 38.0 Å². The number of aliphatic imine (C=N–C) groups is 1. The topological polar surface area (TPSA) is 66.0 Å². The highest BCUT2D eigenvalue weighted by Gasteiger charge is 2.08. The minimum absolute atomic E-state index is 0.0702. The standard InChI is InChI=1S/C17H27FN4O2S/c1-13(24-15-7-5-6-14(18)10-15)11-20-17(19-8-9-25-4)21-12-16(23)22(2)3/h5-7,10,13H,8-9,11-12H2,1-4H3,(H2,19,20,21). The van der Waals surface area contributed by atoms with E-state index < -0.39 is 0 Å². The molecule has 2 N–H and O–H groups in total. The first kappa shape index (κ1) is 21.1. The van der Waals surface area contributed by atoms with Gasteiger partial charge in [-0.1, -0.05) is 6.07 Å². The van der Waals surface area contributed by atoms with Crippen molar-refractivity contribution < 1.29 is 13.9 Å². The fraction of sp³-hybridized carbons (Fsp3) is 0.529. The lowest BCUT2D eigenvalue weighted by atomic mass is 10.3. The van der Waals surface area contributed by atoms with Crippen molar-refractivity contribution in [2.45, 2.75) is 13.0 Å². The molecule has 25 heavy (non-hydrogen) atoms. The quantitative estimate of drug-likeness (QED) is 0.393. The molecule has 0 radical (unpaired) electrons. The molecule has 0 aromatic heterocycles. The Morgan fingerprint density at radius 1 is 1.40 bits per heavy atom. The number of likely N-dealkylation sites (N-methyl/N-ethyl adjacent to an activating group) is 1. The van der Waals surface area contributed by atoms with Crippen LogP contribution in [0.2, 0.25) is 0 Å². The zero-order valence-electron chi connectivity index (χ0n) is 15.2. The molecule has 8 heteroatoms. The van der Waals surface area contributed by atoms with Crippen LogP contribution in [0.25, 0.3) is 0 Å². The van der Waals surface area contributed by atoms with E-state index in [1.165, 1.54) is 17.0 Å². The van der Waals surface area contributed by atoms with Gasteiger partial charge < -0.3 is 20.3 Å². The van der Waals surface area contributed by atoms with Crippen LogP contribution in [0.1, 0.15) is 6.92 Å². The molecule has 0 heterocycles. The van der Waals surface area contributed by atoms with Crippen molar-refractivity contribution in [2.75, 3.05) is 45.7 Å². The van der Waals surface area contributed by atoms with E-state index in [0.717, 1.165) is 12.3 Å². The van der Waals surface area contributed by atoms with Crippen LogP contribution in [0.3, 0.4) is 0 Å². The summed E-state index contributed by atoms with van der Waals surface area (Å²) in [7, 11) is 3.39. The van der Waals surface area contributed by atoms with E-state index >= 15 is 0 Å². The number of nitrogens with zero attached hydrogens (tertiary/aromatic N) is 2. The van der Waals surface area contributed by atoms with Crippen molar-refractivity contribution in [3.63, 3.8) is 0 Å². The fourth-order valence-electron chi connectivity index (χ4n) is 1.79. The van der Waals surface area contributed by atoms with Gasteiger partial charge in [-0.2, -0.15) is 11.8 Å². The number of halogens is 1. The van der Waals surface area contributed by atoms with Crippen LogP contribution in [0, 0.1) is 5.82 Å². The largest absolute Gasteiger partial charge is 0.489 e. The van der Waals surface area contributed by atoms with Crippen LogP contribution in [-0.2, 0) is 4.79 Å². The second kappa shape index (κ2) is 11.6. The lowest BCUT2D eigenvalue weighted by Crippen LogP contribution is -2.43. The minimum atomic E-state index is -0.333. The number of carbonyl (C=O) groups is 1. The minimum Gasteiger partial charge on any atom is -0.489 e. The Bertz CT molecular complexity index is 569. The summed E-state index contributed by atoms with van der Waals surface area (Å²) in [5.74, 6) is 1.55. The van der Waals surface area contributed by atoms with Gasteiger partial charge in [0.25, 0.3) is 0 Å². The number of nitrogens with one attached hydrogen (secondary N) is 2. The van der Waals surface area contributed by atoms with Crippen molar-refractivity contribution >= 4 is 23.6 Å². The van der Waals surface area contributed by atoms with Crippen molar-refractivity contribution in [3.8, 4) is 5.75 Å². The van der Waals surface area contributed by atoms with E-state index in [9.17, 15) is 9.18 Å². The number of thioether (sulfide) groups is 1. The van der Waals surface area contributed by atoms with Gasteiger partial charge in [0.15, 0.2) is 5.96 Å². The maximum absolute atomic E-state index is 13.2. The molecule has 1 rings (SSSR count). The average Bonchev–Trinajstić information content (AvgIpc) is 2.56. The molecule has 140 valence electrons. The van der Waals surface area contributed by atoms with Crippen LogP contribution in [0.4, 0.5) is 4.39 Å². The van der Waals surface area contributed by atoms with Crippen molar-refractivity contribution in [1.82, 2.24) is 15.5 Å². The lowest BCUT2D eigenvalue weighted by molar-refractivity contribution is -0.127. The van der Waals surface area contributed by atoms with Gasteiger partial charge in [-0.25, -0.2) is 9.38 Å². The molecule has 1 aromatic rings. The zero-order chi connectivity index (χ0) is 18.7. The fourth-order valence-corrected chi connectivity index (χ4v) is 2.09. The molecule has 0 saturated heterocycles. The monoisotopic (exact) mass is 370 g/mol. The van der Waals surface area contributed by atoms with E-state index in [4.69, 9.17) is 4.74 Å². The average molecular weight is 370 g/mol. The van der Waals surface area contributed by atoms with Crippen LogP contribution in [0.5, 0.6) is 5.75 Å². The number of rotatable bonds is 9. The first-order chi connectivity index (χ1) is 11.9. The molecule has 6 nitrogen and oxygen atoms in total. The van der Waals surface area contributed by atoms with Crippen LogP contribution in [-0.4, -0.2) is 68.6 Å². The van der Waals surface area contributed by atoms with E-state index in [-0.39, 0.29) is 24.4 Å². The van der Waals surface area contributed by atoms with Gasteiger partial charge in [0.05, 0.1) is 6.54 Å². The first-order valence-electron chi connectivity index (χ1n) is 8.06. The molecule has 0 aliphatic rings. The number of hydrogen-bond donors (Lipinski definition) is 2. The molecule has 1 amide bonds. The predicted molar refractivity (Wildman–Crippen MR) is 102 cm³/mol. The molecular weight excluding hydrogens is 343 g/mol. The summed E-state index contributed by atoms with van der Waals surface area (Å²) in [5.41, 5.74) is 0. The van der Waals surface area contributed by atoms with Crippen molar-refractivity contribution in [3.05, 3.63) is 30.1 Å². The molecule has 0 aliphatic heterocycles. The molecule has 0 fully saturated rings. The lowest BCUT2D eigenvalue weighted by Gasteiger charge is -2.18. The van der Waals surface area contributed by atoms with Gasteiger partial charge in [-0.15, -0.1) is 0 Å². The van der Waals surface area contributed by atoms with E-state index in [0.29, 0.717) is 18.3 Å². The van der Waals surface area contributed by atoms with Crippen LogP contribution < -0.4 is 15.4 Å². The maximum atomic E-state index is 13.2. The molecule has 1 unspecified atom stereocenters. The summed E-state index contributed by atoms with van der Waals surface area (Å²) in [6, 6.07) is 6.03. The molecule has 0 bridgehead atoms. The van der Waals surface area contributed by atoms with Gasteiger partial charge in [-0.05, 0) is 25.3 Å². The Kier molecular flexibility index (Phi) is 9.76. The number of guanidine groups is 1. The Morgan fingerprint density at radius 2 is 2.16 bits per heavy atom. The Morgan fingerprint density at radius 3 is 2.80 bits per heavy atom. The molecule has 0 aliphatic carbocycles. The van der Waals surface area contributed by atoms with E-state index in [2.05, 4.69) is 15.6 Å². The Balaban J connectivity index is 2.54. The Hall–Kier alpha value is -1.96. The summed E-state index contributed by atoms with van der Waals surface area (Å²) < 4.78 is 18.9. The summed E-state index contributed by atoms with van der Waals surface area (Å²) >= 11 is 1.72. The van der Waals surface area contributed by atoms with Crippen molar-refractivity contribution in [2.24, 2.45) is 4.99 Å². The summed E-state index contributed by atoms with van der Waals surface area (Å²) in [4.78, 5) is 17.5. The van der Waals surface area contributed by atoms with Gasteiger partial charge in [0.1, 0.15) is 24.2 Å². The van der Waals surface area contributed by atoms with Crippen molar-refractivity contribution in [1.29, 1.82) is 0 Å². The van der Waals surface area contributed by atoms with Gasteiger partial charge in [-0.3, -0.25) is 4.79 Å². The predicted octanol–water partition coefficient (Wildman–Crippen LogP) is 1.58. The molecular formula is C17H27FN4O2S. The molecule has 0 saturated carbocycles. The number of hydrogen-bond acceptors (Lipinski definition) is 4. The third kappa shape index (κ3) is 9.19. The SMILES string of the molecule is CSCCNC(=NCC(=O)N(C)C)NCC(C)Oc1cccc(F)c1. The molecule has 0 spiro atoms. The summed E-state index contributed by atoms with van der Waals surface area (Å²) in [5, 5.41) is 6.32. The Labute approximate surface area is 153 Å². The maximum Gasteiger partial charge on any atom is 0.243 e. The zero-order valence-corrected chi connectivity index (χ0v) is 16.0. The number of carbonyl (C=O) groups excluding carboxylic acids is 1. The first-order valence-corrected chi connectivity index (χ1v) is 9.45. The highest BCUT2D eigenvalue weighted by atomic mass is 32.2. The summed E-state index contributed by atoms with van der Waals surface area (Å²) in [6.45, 7) is 3.16. The third-order valence-corrected chi connectivity index (χ3v) is 3.77. The van der Waals surface area contributed by atoms with Gasteiger partial charge in [0.2, 0.25) is 5.91 Å². The highest BCUT2D eigenvalue weighted by Crippen LogP contribution is 2.13. The highest BCUT2D eigenvalue weighted by molar-refractivity contribution is 7.98. The summed E-state index contributed by atoms with van der Waals surface area (Å²) in [6.07, 6.45) is 1.83. The van der Waals surface area contributed by atoms with Gasteiger partial charge in [0, 0.05) is 32.5 Å². The van der Waals surface area contributed by atoms with E-state index in [1.807, 2.05) is 13.2 Å². The molecule has 1 atom stereocenters. The second-order valence-corrected chi connectivity index (χ2v) is 6.62. The van der Waals surface area contributed by atoms with Crippen LogP contribution in [0.15, 0.2) is 29.3 Å². The second-order valence-electron chi connectivity index (χ2n) is 5.64. The van der Waals surface area contributed by atoms with Crippen LogP contribution >= 0.6 is 11.8 Å². The number of benzene rings is 1. The molecule has 1 aromatic carbocycles. The van der Waals surface area contributed by atoms with Gasteiger partial charge >= 0.3 is 0 Å².